The average Bonchev–Trinajstić information content (AvgIpc) is 2.70. The van der Waals surface area contributed by atoms with Crippen LogP contribution in [0.1, 0.15) is 31.2 Å². The summed E-state index contributed by atoms with van der Waals surface area (Å²) in [7, 11) is 3.38. The molecule has 4 heteroatoms. The van der Waals surface area contributed by atoms with Crippen molar-refractivity contribution in [2.45, 2.75) is 37.8 Å². The third-order valence-electron chi connectivity index (χ3n) is 4.39. The quantitative estimate of drug-likeness (QED) is 0.767. The van der Waals surface area contributed by atoms with E-state index in [2.05, 4.69) is 36.7 Å². The van der Waals surface area contributed by atoms with Gasteiger partial charge in [-0.3, -0.25) is 0 Å². The lowest BCUT2D eigenvalue weighted by molar-refractivity contribution is 0.0510. The predicted molar refractivity (Wildman–Crippen MR) is 83.9 cm³/mol. The Labute approximate surface area is 129 Å². The highest BCUT2D eigenvalue weighted by atomic mass is 79.9. The highest BCUT2D eigenvalue weighted by molar-refractivity contribution is 9.09. The fraction of sp³-hybridized carbons (Fsp3) is 0.625. The Bertz CT molecular complexity index is 463. The molecular weight excluding hydrogens is 320 g/mol. The molecule has 0 N–H and O–H groups in total. The zero-order valence-corrected chi connectivity index (χ0v) is 14.3. The fourth-order valence-corrected chi connectivity index (χ4v) is 4.33. The first-order chi connectivity index (χ1) is 9.49. The van der Waals surface area contributed by atoms with Crippen LogP contribution in [0.25, 0.3) is 0 Å². The summed E-state index contributed by atoms with van der Waals surface area (Å²) in [6, 6.07) is 5.92. The molecule has 5 atom stereocenters. The Hall–Kier alpha value is -0.740. The van der Waals surface area contributed by atoms with Crippen LogP contribution in [0.5, 0.6) is 11.5 Å². The summed E-state index contributed by atoms with van der Waals surface area (Å²) in [6.45, 7) is 6.54. The molecule has 2 rings (SSSR count). The summed E-state index contributed by atoms with van der Waals surface area (Å²) in [4.78, 5) is 0.183. The predicted octanol–water partition coefficient (Wildman–Crippen LogP) is 4.20. The Balaban J connectivity index is 2.34. The molecule has 0 aliphatic carbocycles. The first kappa shape index (κ1) is 15.6. The summed E-state index contributed by atoms with van der Waals surface area (Å²) < 4.78 is 16.8. The third-order valence-corrected chi connectivity index (χ3v) is 5.49. The molecule has 1 aromatic rings. The number of hydrogen-bond donors (Lipinski definition) is 0. The highest BCUT2D eigenvalue weighted by Crippen LogP contribution is 2.47. The molecule has 1 aliphatic rings. The molecular formula is C16H23BrO3. The van der Waals surface area contributed by atoms with Gasteiger partial charge in [0.05, 0.1) is 26.4 Å². The first-order valence-corrected chi connectivity index (χ1v) is 7.92. The highest BCUT2D eigenvalue weighted by Gasteiger charge is 2.42. The van der Waals surface area contributed by atoms with E-state index < -0.39 is 0 Å². The second-order valence-corrected chi connectivity index (χ2v) is 6.48. The number of benzene rings is 1. The summed E-state index contributed by atoms with van der Waals surface area (Å²) in [6.07, 6.45) is 0.506. The Morgan fingerprint density at radius 1 is 1.10 bits per heavy atom. The molecule has 0 amide bonds. The molecule has 20 heavy (non-hydrogen) atoms. The topological polar surface area (TPSA) is 27.7 Å². The number of rotatable bonds is 4. The molecule has 1 saturated heterocycles. The normalized spacial score (nSPS) is 31.1. The number of halogens is 1. The van der Waals surface area contributed by atoms with E-state index in [1.165, 1.54) is 0 Å². The largest absolute Gasteiger partial charge is 0.497 e. The van der Waals surface area contributed by atoms with Crippen molar-refractivity contribution in [3.8, 4) is 11.5 Å². The smallest absolute Gasteiger partial charge is 0.123 e. The molecule has 0 saturated carbocycles. The van der Waals surface area contributed by atoms with Crippen molar-refractivity contribution in [1.82, 2.24) is 0 Å². The minimum absolute atomic E-state index is 0.183. The van der Waals surface area contributed by atoms with Crippen LogP contribution < -0.4 is 9.47 Å². The second-order valence-electron chi connectivity index (χ2n) is 5.49. The van der Waals surface area contributed by atoms with Gasteiger partial charge in [0.2, 0.25) is 0 Å². The lowest BCUT2D eigenvalue weighted by Crippen LogP contribution is -2.22. The maximum atomic E-state index is 5.96. The number of ether oxygens (including phenoxy) is 3. The Kier molecular flexibility index (Phi) is 4.97. The molecule has 3 nitrogen and oxygen atoms in total. The van der Waals surface area contributed by atoms with Crippen LogP contribution >= 0.6 is 15.9 Å². The van der Waals surface area contributed by atoms with Gasteiger partial charge in [-0.05, 0) is 38.0 Å². The summed E-state index contributed by atoms with van der Waals surface area (Å²) in [5.41, 5.74) is 1.12. The monoisotopic (exact) mass is 342 g/mol. The van der Waals surface area contributed by atoms with Crippen molar-refractivity contribution in [2.75, 3.05) is 14.2 Å². The van der Waals surface area contributed by atoms with E-state index in [0.29, 0.717) is 11.8 Å². The molecule has 5 unspecified atom stereocenters. The van der Waals surface area contributed by atoms with Gasteiger partial charge in [-0.2, -0.15) is 0 Å². The van der Waals surface area contributed by atoms with E-state index in [4.69, 9.17) is 14.2 Å². The SMILES string of the molecule is COc1ccc(OC)c(C(Br)C2C(C)OC(C)C2C)c1. The van der Waals surface area contributed by atoms with Crippen molar-refractivity contribution in [2.24, 2.45) is 11.8 Å². The van der Waals surface area contributed by atoms with Gasteiger partial charge in [-0.25, -0.2) is 0 Å². The molecule has 1 heterocycles. The van der Waals surface area contributed by atoms with E-state index in [0.717, 1.165) is 17.1 Å². The van der Waals surface area contributed by atoms with Gasteiger partial charge in [0.1, 0.15) is 11.5 Å². The maximum absolute atomic E-state index is 5.96. The average molecular weight is 343 g/mol. The van der Waals surface area contributed by atoms with Crippen LogP contribution in [0.3, 0.4) is 0 Å². The van der Waals surface area contributed by atoms with Gasteiger partial charge in [0, 0.05) is 16.3 Å². The molecule has 0 spiro atoms. The number of alkyl halides is 1. The number of hydrogen-bond acceptors (Lipinski definition) is 3. The number of methoxy groups -OCH3 is 2. The molecule has 1 aromatic carbocycles. The van der Waals surface area contributed by atoms with Crippen LogP contribution in [-0.2, 0) is 4.74 Å². The zero-order valence-electron chi connectivity index (χ0n) is 12.7. The Morgan fingerprint density at radius 2 is 1.80 bits per heavy atom. The van der Waals surface area contributed by atoms with Gasteiger partial charge in [0.15, 0.2) is 0 Å². The lowest BCUT2D eigenvalue weighted by Gasteiger charge is -2.26. The molecule has 0 aromatic heterocycles. The van der Waals surface area contributed by atoms with Gasteiger partial charge >= 0.3 is 0 Å². The lowest BCUT2D eigenvalue weighted by atomic mass is 9.84. The van der Waals surface area contributed by atoms with Crippen molar-refractivity contribution < 1.29 is 14.2 Å². The van der Waals surface area contributed by atoms with Crippen LogP contribution in [0.4, 0.5) is 0 Å². The first-order valence-electron chi connectivity index (χ1n) is 7.01. The fourth-order valence-electron chi connectivity index (χ4n) is 3.06. The van der Waals surface area contributed by atoms with Crippen LogP contribution in [-0.4, -0.2) is 26.4 Å². The van der Waals surface area contributed by atoms with Crippen molar-refractivity contribution >= 4 is 15.9 Å². The van der Waals surface area contributed by atoms with Crippen molar-refractivity contribution in [1.29, 1.82) is 0 Å². The third kappa shape index (κ3) is 2.82. The molecule has 0 radical (unpaired) electrons. The Morgan fingerprint density at radius 3 is 2.30 bits per heavy atom. The molecule has 0 bridgehead atoms. The zero-order chi connectivity index (χ0) is 14.9. The summed E-state index contributed by atoms with van der Waals surface area (Å²) >= 11 is 3.86. The van der Waals surface area contributed by atoms with Crippen LogP contribution in [0.15, 0.2) is 18.2 Å². The standard InChI is InChI=1S/C16H23BrO3/c1-9-10(2)20-11(3)15(9)16(17)13-8-12(18-4)6-7-14(13)19-5/h6-11,15-16H,1-5H3. The van der Waals surface area contributed by atoms with Gasteiger partial charge in [-0.15, -0.1) is 0 Å². The van der Waals surface area contributed by atoms with Crippen molar-refractivity contribution in [3.63, 3.8) is 0 Å². The van der Waals surface area contributed by atoms with Crippen LogP contribution in [0, 0.1) is 11.8 Å². The molecule has 112 valence electrons. The summed E-state index contributed by atoms with van der Waals surface area (Å²) in [5, 5.41) is 0. The van der Waals surface area contributed by atoms with Gasteiger partial charge in [0.25, 0.3) is 0 Å². The van der Waals surface area contributed by atoms with Gasteiger partial charge in [-0.1, -0.05) is 22.9 Å². The van der Waals surface area contributed by atoms with E-state index >= 15 is 0 Å². The van der Waals surface area contributed by atoms with E-state index in [1.54, 1.807) is 14.2 Å². The minimum Gasteiger partial charge on any atom is -0.497 e. The maximum Gasteiger partial charge on any atom is 0.123 e. The molecule has 1 aliphatic heterocycles. The van der Waals surface area contributed by atoms with E-state index in [1.807, 2.05) is 18.2 Å². The van der Waals surface area contributed by atoms with Gasteiger partial charge < -0.3 is 14.2 Å². The van der Waals surface area contributed by atoms with E-state index in [-0.39, 0.29) is 17.0 Å². The van der Waals surface area contributed by atoms with Crippen molar-refractivity contribution in [3.05, 3.63) is 23.8 Å². The molecule has 1 fully saturated rings. The van der Waals surface area contributed by atoms with Crippen LogP contribution in [0.2, 0.25) is 0 Å². The summed E-state index contributed by atoms with van der Waals surface area (Å²) in [5.74, 6) is 2.63. The minimum atomic E-state index is 0.183. The second kappa shape index (κ2) is 6.35. The van der Waals surface area contributed by atoms with E-state index in [9.17, 15) is 0 Å².